The van der Waals surface area contributed by atoms with Crippen LogP contribution in [0.15, 0.2) is 11.1 Å². The summed E-state index contributed by atoms with van der Waals surface area (Å²) in [5.41, 5.74) is 5.59. The van der Waals surface area contributed by atoms with Crippen molar-refractivity contribution < 1.29 is 8.42 Å². The highest BCUT2D eigenvalue weighted by Crippen LogP contribution is 2.16. The van der Waals surface area contributed by atoms with Crippen molar-refractivity contribution in [3.8, 4) is 0 Å². The molecule has 7 nitrogen and oxygen atoms in total. The fraction of sp³-hybridized carbons (Fsp3) is 0.727. The van der Waals surface area contributed by atoms with Gasteiger partial charge in [-0.3, -0.25) is 9.58 Å². The lowest BCUT2D eigenvalue weighted by atomic mass is 10.3. The van der Waals surface area contributed by atoms with E-state index in [0.29, 0.717) is 6.54 Å². The number of hydrogen-bond acceptors (Lipinski definition) is 5. The van der Waals surface area contributed by atoms with Gasteiger partial charge >= 0.3 is 0 Å². The van der Waals surface area contributed by atoms with E-state index < -0.39 is 10.0 Å². The Morgan fingerprint density at radius 1 is 1.47 bits per heavy atom. The number of sulfonamides is 1. The minimum Gasteiger partial charge on any atom is -0.381 e. The Balaban J connectivity index is 1.99. The predicted octanol–water partition coefficient (Wildman–Crippen LogP) is -0.235. The van der Waals surface area contributed by atoms with Crippen LogP contribution in [0.5, 0.6) is 0 Å². The van der Waals surface area contributed by atoms with Crippen LogP contribution in [0.2, 0.25) is 0 Å². The number of nitrogens with two attached hydrogens (primary N) is 1. The molecule has 0 saturated carbocycles. The molecule has 0 aromatic carbocycles. The molecule has 1 aliphatic rings. The van der Waals surface area contributed by atoms with Gasteiger partial charge in [-0.05, 0) is 32.9 Å². The molecule has 1 fully saturated rings. The molecular formula is C11H21N5O2S. The maximum atomic E-state index is 12.1. The van der Waals surface area contributed by atoms with Crippen molar-refractivity contribution in [2.45, 2.75) is 30.7 Å². The first kappa shape index (κ1) is 14.3. The largest absolute Gasteiger partial charge is 0.381 e. The van der Waals surface area contributed by atoms with E-state index in [9.17, 15) is 8.42 Å². The lowest BCUT2D eigenvalue weighted by Gasteiger charge is -2.23. The summed E-state index contributed by atoms with van der Waals surface area (Å²) in [6.45, 7) is 4.49. The van der Waals surface area contributed by atoms with E-state index >= 15 is 0 Å². The molecule has 8 heteroatoms. The van der Waals surface area contributed by atoms with Crippen molar-refractivity contribution >= 4 is 15.8 Å². The van der Waals surface area contributed by atoms with Crippen molar-refractivity contribution in [1.82, 2.24) is 19.4 Å². The Bertz CT molecular complexity index is 533. The van der Waals surface area contributed by atoms with Crippen LogP contribution >= 0.6 is 0 Å². The second kappa shape index (κ2) is 5.48. The van der Waals surface area contributed by atoms with Gasteiger partial charge in [-0.15, -0.1) is 0 Å². The Hall–Kier alpha value is -1.12. The van der Waals surface area contributed by atoms with E-state index in [2.05, 4.69) is 14.7 Å². The van der Waals surface area contributed by atoms with Gasteiger partial charge in [0.2, 0.25) is 10.0 Å². The van der Waals surface area contributed by atoms with Crippen molar-refractivity contribution in [3.63, 3.8) is 0 Å². The van der Waals surface area contributed by atoms with E-state index in [0.717, 1.165) is 13.1 Å². The van der Waals surface area contributed by atoms with Crippen LogP contribution in [0.1, 0.15) is 19.8 Å². The molecule has 108 valence electrons. The van der Waals surface area contributed by atoms with Crippen molar-refractivity contribution in [2.24, 2.45) is 7.05 Å². The number of rotatable bonds is 5. The van der Waals surface area contributed by atoms with Gasteiger partial charge in [-0.1, -0.05) is 0 Å². The van der Waals surface area contributed by atoms with E-state index in [4.69, 9.17) is 5.73 Å². The third-order valence-electron chi connectivity index (χ3n) is 3.44. The smallest absolute Gasteiger partial charge is 0.245 e. The number of aryl methyl sites for hydroxylation is 1. The molecule has 1 aromatic heterocycles. The number of nitrogens with one attached hydrogen (secondary N) is 1. The molecule has 1 aromatic rings. The number of nitrogen functional groups attached to an aromatic ring is 1. The molecule has 0 aliphatic carbocycles. The average Bonchev–Trinajstić information content (AvgIpc) is 2.96. The highest BCUT2D eigenvalue weighted by molar-refractivity contribution is 7.89. The summed E-state index contributed by atoms with van der Waals surface area (Å²) in [7, 11) is -1.94. The Labute approximate surface area is 113 Å². The summed E-state index contributed by atoms with van der Waals surface area (Å²) in [6.07, 6.45) is 3.79. The van der Waals surface area contributed by atoms with Crippen LogP contribution in [0.25, 0.3) is 0 Å². The van der Waals surface area contributed by atoms with Gasteiger partial charge in [-0.25, -0.2) is 13.1 Å². The van der Waals surface area contributed by atoms with Crippen LogP contribution in [-0.2, 0) is 17.1 Å². The zero-order chi connectivity index (χ0) is 14.0. The second-order valence-corrected chi connectivity index (χ2v) is 6.73. The molecule has 2 heterocycles. The highest BCUT2D eigenvalue weighted by Gasteiger charge is 2.23. The fourth-order valence-corrected chi connectivity index (χ4v) is 3.53. The van der Waals surface area contributed by atoms with Gasteiger partial charge in [0.25, 0.3) is 0 Å². The summed E-state index contributed by atoms with van der Waals surface area (Å²) in [5.74, 6) is 0.0313. The summed E-state index contributed by atoms with van der Waals surface area (Å²) >= 11 is 0. The molecule has 0 bridgehead atoms. The van der Waals surface area contributed by atoms with Gasteiger partial charge in [0, 0.05) is 25.8 Å². The highest BCUT2D eigenvalue weighted by atomic mass is 32.2. The summed E-state index contributed by atoms with van der Waals surface area (Å²) in [5, 5.41) is 3.85. The maximum Gasteiger partial charge on any atom is 0.245 e. The summed E-state index contributed by atoms with van der Waals surface area (Å²) < 4.78 is 28.2. The minimum absolute atomic E-state index is 0.0313. The molecule has 1 atom stereocenters. The summed E-state index contributed by atoms with van der Waals surface area (Å²) in [4.78, 5) is 2.33. The number of anilines is 1. The fourth-order valence-electron chi connectivity index (χ4n) is 2.31. The Kier molecular flexibility index (Phi) is 4.12. The molecule has 0 amide bonds. The third kappa shape index (κ3) is 3.26. The topological polar surface area (TPSA) is 93.2 Å². The summed E-state index contributed by atoms with van der Waals surface area (Å²) in [6, 6.07) is 0.190. The van der Waals surface area contributed by atoms with Gasteiger partial charge in [0.15, 0.2) is 5.82 Å². The van der Waals surface area contributed by atoms with Crippen LogP contribution in [-0.4, -0.2) is 48.8 Å². The molecule has 19 heavy (non-hydrogen) atoms. The monoisotopic (exact) mass is 287 g/mol. The molecule has 2 rings (SSSR count). The Morgan fingerprint density at radius 3 is 2.63 bits per heavy atom. The SMILES string of the molecule is CC(CNS(=O)(=O)c1cn(C)nc1N)N1CCCC1. The molecule has 1 aliphatic heterocycles. The quantitative estimate of drug-likeness (QED) is 0.780. The molecule has 0 radical (unpaired) electrons. The average molecular weight is 287 g/mol. The van der Waals surface area contributed by atoms with Gasteiger partial charge in [-0.2, -0.15) is 5.10 Å². The first-order valence-corrected chi connectivity index (χ1v) is 7.91. The predicted molar refractivity (Wildman–Crippen MR) is 73.1 cm³/mol. The number of aromatic nitrogens is 2. The van der Waals surface area contributed by atoms with Crippen LogP contribution in [0.4, 0.5) is 5.82 Å². The third-order valence-corrected chi connectivity index (χ3v) is 4.88. The van der Waals surface area contributed by atoms with E-state index in [1.165, 1.54) is 23.7 Å². The van der Waals surface area contributed by atoms with Crippen molar-refractivity contribution in [2.75, 3.05) is 25.4 Å². The van der Waals surface area contributed by atoms with E-state index in [-0.39, 0.29) is 16.8 Å². The van der Waals surface area contributed by atoms with E-state index in [1.54, 1.807) is 7.05 Å². The normalized spacial score (nSPS) is 18.8. The van der Waals surface area contributed by atoms with Crippen LogP contribution < -0.4 is 10.5 Å². The molecular weight excluding hydrogens is 266 g/mol. The molecule has 3 N–H and O–H groups in total. The number of hydrogen-bond donors (Lipinski definition) is 2. The number of likely N-dealkylation sites (tertiary alicyclic amines) is 1. The molecule has 1 saturated heterocycles. The van der Waals surface area contributed by atoms with Crippen molar-refractivity contribution in [1.29, 1.82) is 0 Å². The van der Waals surface area contributed by atoms with Gasteiger partial charge in [0.1, 0.15) is 4.90 Å². The number of nitrogens with zero attached hydrogens (tertiary/aromatic N) is 3. The van der Waals surface area contributed by atoms with Gasteiger partial charge < -0.3 is 5.73 Å². The lowest BCUT2D eigenvalue weighted by molar-refractivity contribution is 0.260. The first-order chi connectivity index (χ1) is 8.90. The molecule has 1 unspecified atom stereocenters. The zero-order valence-electron chi connectivity index (χ0n) is 11.3. The standard InChI is InChI=1S/C11H21N5O2S/c1-9(16-5-3-4-6-16)7-13-19(17,18)10-8-15(2)14-11(10)12/h8-9,13H,3-7H2,1-2H3,(H2,12,14). The van der Waals surface area contributed by atoms with Crippen LogP contribution in [0.3, 0.4) is 0 Å². The van der Waals surface area contributed by atoms with Crippen LogP contribution in [0, 0.1) is 0 Å². The van der Waals surface area contributed by atoms with Crippen molar-refractivity contribution in [3.05, 3.63) is 6.20 Å². The van der Waals surface area contributed by atoms with E-state index in [1.807, 2.05) is 6.92 Å². The molecule has 0 spiro atoms. The first-order valence-electron chi connectivity index (χ1n) is 6.43. The maximum absolute atomic E-state index is 12.1. The minimum atomic E-state index is -3.58. The second-order valence-electron chi connectivity index (χ2n) is 5.00. The Morgan fingerprint density at radius 2 is 2.11 bits per heavy atom. The van der Waals surface area contributed by atoms with Gasteiger partial charge in [0.05, 0.1) is 0 Å². The zero-order valence-corrected chi connectivity index (χ0v) is 12.2. The lowest BCUT2D eigenvalue weighted by Crippen LogP contribution is -2.40.